The summed E-state index contributed by atoms with van der Waals surface area (Å²) in [6, 6.07) is 21.3. The molecule has 3 N–H and O–H groups in total. The van der Waals surface area contributed by atoms with E-state index in [1.807, 2.05) is 48.5 Å². The van der Waals surface area contributed by atoms with Crippen molar-refractivity contribution in [2.75, 3.05) is 25.1 Å². The van der Waals surface area contributed by atoms with Crippen LogP contribution in [0.15, 0.2) is 72.8 Å². The number of esters is 1. The van der Waals surface area contributed by atoms with Crippen LogP contribution in [0.2, 0.25) is 0 Å². The Labute approximate surface area is 281 Å². The van der Waals surface area contributed by atoms with Crippen LogP contribution in [0, 0.1) is 0 Å². The molecule has 0 spiro atoms. The Morgan fingerprint density at radius 1 is 0.750 bits per heavy atom. The minimum atomic E-state index is -1.26. The van der Waals surface area contributed by atoms with Crippen LogP contribution in [-0.2, 0) is 23.8 Å². The van der Waals surface area contributed by atoms with E-state index in [9.17, 15) is 19.2 Å². The number of fused-ring (bicyclic) bond motifs is 3. The first-order chi connectivity index (χ1) is 22.7. The number of hydrogen-bond donors (Lipinski definition) is 3. The number of ether oxygens (including phenoxy) is 4. The van der Waals surface area contributed by atoms with Crippen LogP contribution < -0.4 is 20.7 Å². The number of nitrogens with one attached hydrogen (secondary N) is 3. The number of hydrogen-bond acceptors (Lipinski definition) is 8. The van der Waals surface area contributed by atoms with Gasteiger partial charge in [-0.3, -0.25) is 9.59 Å². The molecule has 0 aromatic heterocycles. The van der Waals surface area contributed by atoms with E-state index >= 15 is 0 Å². The quantitative estimate of drug-likeness (QED) is 0.113. The lowest BCUT2D eigenvalue weighted by Crippen LogP contribution is -2.46. The van der Waals surface area contributed by atoms with E-state index in [0.29, 0.717) is 31.0 Å². The predicted molar refractivity (Wildman–Crippen MR) is 182 cm³/mol. The molecule has 11 heteroatoms. The van der Waals surface area contributed by atoms with Gasteiger partial charge in [0.15, 0.2) is 0 Å². The number of carbonyl (C=O) groups is 4. The lowest BCUT2D eigenvalue weighted by molar-refractivity contribution is -0.156. The van der Waals surface area contributed by atoms with Crippen LogP contribution in [-0.4, -0.2) is 61.1 Å². The van der Waals surface area contributed by atoms with Gasteiger partial charge in [0.05, 0.1) is 13.0 Å². The molecule has 1 atom stereocenters. The second kappa shape index (κ2) is 15.7. The largest absolute Gasteiger partial charge is 0.494 e. The van der Waals surface area contributed by atoms with Crippen molar-refractivity contribution in [1.29, 1.82) is 0 Å². The average molecular weight is 660 g/mol. The highest BCUT2D eigenvalue weighted by atomic mass is 16.6. The van der Waals surface area contributed by atoms with Gasteiger partial charge < -0.3 is 34.9 Å². The molecule has 1 aliphatic rings. The Hall–Kier alpha value is -5.06. The van der Waals surface area contributed by atoms with Crippen LogP contribution in [0.4, 0.5) is 15.3 Å². The minimum absolute atomic E-state index is 0.0547. The van der Waals surface area contributed by atoms with Crippen molar-refractivity contribution in [2.24, 2.45) is 0 Å². The maximum atomic E-state index is 13.3. The fourth-order valence-corrected chi connectivity index (χ4v) is 5.17. The molecule has 3 aromatic rings. The van der Waals surface area contributed by atoms with Crippen LogP contribution in [0.3, 0.4) is 0 Å². The summed E-state index contributed by atoms with van der Waals surface area (Å²) >= 11 is 0. The molecule has 11 nitrogen and oxygen atoms in total. The zero-order valence-electron chi connectivity index (χ0n) is 28.4. The molecule has 0 saturated heterocycles. The van der Waals surface area contributed by atoms with Crippen molar-refractivity contribution in [1.82, 2.24) is 10.6 Å². The van der Waals surface area contributed by atoms with Gasteiger partial charge in [-0.05, 0) is 94.5 Å². The maximum absolute atomic E-state index is 13.3. The first-order valence-electron chi connectivity index (χ1n) is 16.0. The van der Waals surface area contributed by atoms with Gasteiger partial charge in [0, 0.05) is 18.2 Å². The van der Waals surface area contributed by atoms with E-state index in [1.165, 1.54) is 0 Å². The predicted octanol–water partition coefficient (Wildman–Crippen LogP) is 6.56. The monoisotopic (exact) mass is 659 g/mol. The minimum Gasteiger partial charge on any atom is -0.494 e. The molecular formula is C37H45N3O8. The summed E-state index contributed by atoms with van der Waals surface area (Å²) in [5, 5.41) is 7.97. The third kappa shape index (κ3) is 10.8. The highest BCUT2D eigenvalue weighted by Crippen LogP contribution is 2.44. The summed E-state index contributed by atoms with van der Waals surface area (Å²) < 4.78 is 22.0. The van der Waals surface area contributed by atoms with Crippen LogP contribution >= 0.6 is 0 Å². The third-order valence-corrected chi connectivity index (χ3v) is 7.12. The maximum Gasteiger partial charge on any atom is 0.407 e. The zero-order chi connectivity index (χ0) is 34.9. The summed E-state index contributed by atoms with van der Waals surface area (Å²) in [5.74, 6) is -0.863. The van der Waals surface area contributed by atoms with Crippen LogP contribution in [0.25, 0.3) is 11.1 Å². The number of rotatable bonds is 12. The normalized spacial score (nSPS) is 13.0. The molecule has 1 unspecified atom stereocenters. The molecule has 3 aromatic carbocycles. The van der Waals surface area contributed by atoms with Crippen molar-refractivity contribution in [3.8, 4) is 16.9 Å². The first kappa shape index (κ1) is 35.8. The highest BCUT2D eigenvalue weighted by Gasteiger charge is 2.31. The van der Waals surface area contributed by atoms with Gasteiger partial charge in [-0.1, -0.05) is 48.5 Å². The van der Waals surface area contributed by atoms with E-state index in [1.54, 1.807) is 65.8 Å². The molecule has 0 heterocycles. The fourth-order valence-electron chi connectivity index (χ4n) is 5.17. The molecule has 0 aliphatic heterocycles. The van der Waals surface area contributed by atoms with E-state index in [-0.39, 0.29) is 12.5 Å². The van der Waals surface area contributed by atoms with E-state index in [0.717, 1.165) is 22.3 Å². The molecule has 3 amide bonds. The van der Waals surface area contributed by atoms with Crippen LogP contribution in [0.5, 0.6) is 5.75 Å². The zero-order valence-corrected chi connectivity index (χ0v) is 28.4. The second-order valence-corrected chi connectivity index (χ2v) is 13.5. The summed E-state index contributed by atoms with van der Waals surface area (Å²) in [7, 11) is 0. The molecular weight excluding hydrogens is 614 g/mol. The number of benzene rings is 3. The first-order valence-corrected chi connectivity index (χ1v) is 16.0. The molecule has 256 valence electrons. The third-order valence-electron chi connectivity index (χ3n) is 7.12. The summed E-state index contributed by atoms with van der Waals surface area (Å²) in [6.07, 6.45) is -1.15. The van der Waals surface area contributed by atoms with Gasteiger partial charge in [-0.25, -0.2) is 9.59 Å². The van der Waals surface area contributed by atoms with Gasteiger partial charge in [-0.15, -0.1) is 0 Å². The van der Waals surface area contributed by atoms with E-state index < -0.39 is 47.7 Å². The van der Waals surface area contributed by atoms with Gasteiger partial charge in [-0.2, -0.15) is 0 Å². The van der Waals surface area contributed by atoms with Gasteiger partial charge in [0.2, 0.25) is 5.91 Å². The number of anilines is 1. The summed E-state index contributed by atoms with van der Waals surface area (Å²) in [6.45, 7) is 11.3. The van der Waals surface area contributed by atoms with Crippen LogP contribution in [0.1, 0.15) is 71.4 Å². The summed E-state index contributed by atoms with van der Waals surface area (Å²) in [5.41, 5.74) is 3.39. The average Bonchev–Trinajstić information content (AvgIpc) is 3.32. The van der Waals surface area contributed by atoms with Crippen molar-refractivity contribution in [3.63, 3.8) is 0 Å². The van der Waals surface area contributed by atoms with Gasteiger partial charge in [0.25, 0.3) is 0 Å². The van der Waals surface area contributed by atoms with E-state index in [4.69, 9.17) is 18.9 Å². The van der Waals surface area contributed by atoms with E-state index in [2.05, 4.69) is 16.0 Å². The Morgan fingerprint density at radius 2 is 1.33 bits per heavy atom. The molecule has 0 fully saturated rings. The Morgan fingerprint density at radius 3 is 1.92 bits per heavy atom. The molecule has 48 heavy (non-hydrogen) atoms. The number of carbonyl (C=O) groups excluding carboxylic acids is 4. The van der Waals surface area contributed by atoms with Crippen molar-refractivity contribution in [3.05, 3.63) is 83.9 Å². The molecule has 0 radical (unpaired) electrons. The molecule has 1 aliphatic carbocycles. The van der Waals surface area contributed by atoms with Gasteiger partial charge in [0.1, 0.15) is 29.6 Å². The smallest absolute Gasteiger partial charge is 0.407 e. The second-order valence-electron chi connectivity index (χ2n) is 13.5. The Bertz CT molecular complexity index is 1550. The van der Waals surface area contributed by atoms with Crippen molar-refractivity contribution in [2.45, 2.75) is 77.5 Å². The molecule has 4 rings (SSSR count). The standard InChI is InChI=1S/C37H45N3O8/c1-36(2,3)47-32(41)22-31(40-35(44)46-23-30-28-14-9-7-12-26(28)27-13-8-10-15-29(27)30)33(42)39-24-16-18-25(19-17-24)45-21-11-20-38-34(43)48-37(4,5)6/h7-10,12-19,30-31H,11,20-23H2,1-6H3,(H,38,43)(H,39,42)(H,40,44). The Balaban J connectivity index is 1.32. The SMILES string of the molecule is CC(C)(C)OC(=O)CC(NC(=O)OCC1c2ccccc2-c2ccccc21)C(=O)Nc1ccc(OCCCNC(=O)OC(C)(C)C)cc1. The topological polar surface area (TPSA) is 141 Å². The highest BCUT2D eigenvalue weighted by molar-refractivity contribution is 5.98. The molecule has 0 bridgehead atoms. The van der Waals surface area contributed by atoms with Crippen molar-refractivity contribution < 1.29 is 38.1 Å². The lowest BCUT2D eigenvalue weighted by atomic mass is 9.98. The van der Waals surface area contributed by atoms with Crippen molar-refractivity contribution >= 4 is 29.8 Å². The lowest BCUT2D eigenvalue weighted by Gasteiger charge is -2.23. The van der Waals surface area contributed by atoms with Gasteiger partial charge >= 0.3 is 18.2 Å². The Kier molecular flexibility index (Phi) is 11.7. The number of amides is 3. The summed E-state index contributed by atoms with van der Waals surface area (Å²) in [4.78, 5) is 50.8. The molecule has 0 saturated carbocycles. The fraction of sp³-hybridized carbons (Fsp3) is 0.405. The number of alkyl carbamates (subject to hydrolysis) is 2.